The number of carbonyl (C=O) groups excluding carboxylic acids is 2. The molecule has 0 aliphatic carbocycles. The van der Waals surface area contributed by atoms with Crippen LogP contribution in [0.3, 0.4) is 0 Å². The summed E-state index contributed by atoms with van der Waals surface area (Å²) in [4.78, 5) is 43.1. The van der Waals surface area contributed by atoms with E-state index in [1.807, 2.05) is 54.6 Å². The van der Waals surface area contributed by atoms with Crippen LogP contribution in [-0.2, 0) is 17.7 Å². The third-order valence-electron chi connectivity index (χ3n) is 6.28. The van der Waals surface area contributed by atoms with E-state index in [4.69, 9.17) is 9.72 Å². The SMILES string of the molecule is CCCCc1nc(-c2ccccc2)c(C(=O)OCC)c(=O)n1Cc1ccc(-c2ccccc2C(=O)[O-])cc1.[Na+]. The molecule has 7 nitrogen and oxygen atoms in total. The molecule has 0 saturated heterocycles. The second-order valence-corrected chi connectivity index (χ2v) is 8.86. The van der Waals surface area contributed by atoms with Gasteiger partial charge in [-0.25, -0.2) is 9.78 Å². The first kappa shape index (κ1) is 30.0. The predicted molar refractivity (Wildman–Crippen MR) is 144 cm³/mol. The van der Waals surface area contributed by atoms with Crippen molar-refractivity contribution in [2.45, 2.75) is 39.7 Å². The average Bonchev–Trinajstić information content (AvgIpc) is 2.94. The third kappa shape index (κ3) is 6.92. The molecule has 0 spiro atoms. The number of nitrogens with zero attached hydrogens (tertiary/aromatic N) is 2. The maximum absolute atomic E-state index is 13.8. The van der Waals surface area contributed by atoms with Gasteiger partial charge in [0.1, 0.15) is 5.82 Å². The first-order chi connectivity index (χ1) is 18.4. The molecule has 0 amide bonds. The van der Waals surface area contributed by atoms with E-state index in [9.17, 15) is 19.5 Å². The van der Waals surface area contributed by atoms with Crippen LogP contribution in [0.1, 0.15) is 58.8 Å². The zero-order valence-electron chi connectivity index (χ0n) is 22.5. The predicted octanol–water partition coefficient (Wildman–Crippen LogP) is 1.51. The van der Waals surface area contributed by atoms with Gasteiger partial charge < -0.3 is 14.6 Å². The van der Waals surface area contributed by atoms with Crippen molar-refractivity contribution >= 4 is 11.9 Å². The summed E-state index contributed by atoms with van der Waals surface area (Å²) in [5.41, 5.74) is 2.66. The summed E-state index contributed by atoms with van der Waals surface area (Å²) in [6, 6.07) is 23.1. The van der Waals surface area contributed by atoms with Crippen LogP contribution in [0.2, 0.25) is 0 Å². The minimum atomic E-state index is -1.24. The summed E-state index contributed by atoms with van der Waals surface area (Å²) in [6.07, 6.45) is 2.33. The van der Waals surface area contributed by atoms with E-state index in [1.165, 1.54) is 6.07 Å². The van der Waals surface area contributed by atoms with Crippen molar-refractivity contribution < 1.29 is 49.0 Å². The van der Waals surface area contributed by atoms with Gasteiger partial charge in [-0.3, -0.25) is 9.36 Å². The summed E-state index contributed by atoms with van der Waals surface area (Å²) in [7, 11) is 0. The molecule has 1 aromatic heterocycles. The number of aromatic carboxylic acids is 1. The van der Waals surface area contributed by atoms with Crippen LogP contribution in [0.5, 0.6) is 0 Å². The van der Waals surface area contributed by atoms with Crippen LogP contribution >= 0.6 is 0 Å². The van der Waals surface area contributed by atoms with E-state index < -0.39 is 17.5 Å². The Morgan fingerprint density at radius 3 is 2.21 bits per heavy atom. The van der Waals surface area contributed by atoms with Gasteiger partial charge in [-0.05, 0) is 30.0 Å². The summed E-state index contributed by atoms with van der Waals surface area (Å²) in [5.74, 6) is -1.35. The zero-order chi connectivity index (χ0) is 27.1. The van der Waals surface area contributed by atoms with Crippen molar-refractivity contribution in [2.24, 2.45) is 0 Å². The summed E-state index contributed by atoms with van der Waals surface area (Å²) >= 11 is 0. The zero-order valence-corrected chi connectivity index (χ0v) is 24.5. The molecule has 39 heavy (non-hydrogen) atoms. The molecule has 0 atom stereocenters. The van der Waals surface area contributed by atoms with Crippen molar-refractivity contribution in [1.29, 1.82) is 0 Å². The molecule has 0 fully saturated rings. The fourth-order valence-electron chi connectivity index (χ4n) is 4.36. The van der Waals surface area contributed by atoms with Gasteiger partial charge in [0.25, 0.3) is 5.56 Å². The van der Waals surface area contributed by atoms with E-state index in [2.05, 4.69) is 6.92 Å². The minimum Gasteiger partial charge on any atom is -0.545 e. The number of carbonyl (C=O) groups is 2. The van der Waals surface area contributed by atoms with Crippen molar-refractivity contribution in [1.82, 2.24) is 9.55 Å². The van der Waals surface area contributed by atoms with Gasteiger partial charge in [0.05, 0.1) is 24.8 Å². The summed E-state index contributed by atoms with van der Waals surface area (Å²) in [5, 5.41) is 11.5. The molecule has 8 heteroatoms. The molecule has 194 valence electrons. The minimum absolute atomic E-state index is 0. The Bertz CT molecular complexity index is 1500. The number of esters is 1. The van der Waals surface area contributed by atoms with E-state index in [0.717, 1.165) is 24.0 Å². The van der Waals surface area contributed by atoms with Gasteiger partial charge in [0.2, 0.25) is 0 Å². The van der Waals surface area contributed by atoms with Crippen LogP contribution < -0.4 is 40.2 Å². The van der Waals surface area contributed by atoms with Crippen LogP contribution in [0.4, 0.5) is 0 Å². The molecule has 0 radical (unpaired) electrons. The van der Waals surface area contributed by atoms with Crippen molar-refractivity contribution in [2.75, 3.05) is 6.61 Å². The number of aryl methyl sites for hydroxylation is 1. The normalized spacial score (nSPS) is 10.5. The monoisotopic (exact) mass is 532 g/mol. The number of carboxylic acids is 1. The quantitative estimate of drug-likeness (QED) is 0.227. The molecule has 0 aliphatic heterocycles. The number of hydrogen-bond donors (Lipinski definition) is 0. The van der Waals surface area contributed by atoms with E-state index in [0.29, 0.717) is 29.1 Å². The average molecular weight is 533 g/mol. The van der Waals surface area contributed by atoms with E-state index in [1.54, 1.807) is 29.7 Å². The van der Waals surface area contributed by atoms with Gasteiger partial charge in [0.15, 0.2) is 5.56 Å². The Balaban J connectivity index is 0.00000420. The molecule has 0 aliphatic rings. The van der Waals surface area contributed by atoms with Crippen LogP contribution in [-0.4, -0.2) is 28.1 Å². The number of ether oxygens (including phenoxy) is 1. The Labute approximate surface area is 249 Å². The Morgan fingerprint density at radius 1 is 0.897 bits per heavy atom. The number of benzene rings is 3. The van der Waals surface area contributed by atoms with Crippen LogP contribution in [0.25, 0.3) is 22.4 Å². The Morgan fingerprint density at radius 2 is 1.56 bits per heavy atom. The topological polar surface area (TPSA) is 101 Å². The molecule has 3 aromatic carbocycles. The largest absolute Gasteiger partial charge is 1.00 e. The molecule has 4 aromatic rings. The van der Waals surface area contributed by atoms with Crippen molar-refractivity contribution in [3.63, 3.8) is 0 Å². The number of aromatic nitrogens is 2. The standard InChI is InChI=1S/C31H30N2O5.Na/c1-3-5-15-26-32-28(23-11-7-6-8-12-23)27(31(37)38-4-2)29(34)33(26)20-21-16-18-22(19-17-21)24-13-9-10-14-25(24)30(35)36;/h6-14,16-19H,3-5,15,20H2,1-2H3,(H,35,36);/q;+1/p-1. The fraction of sp³-hybridized carbons (Fsp3) is 0.226. The molecule has 0 N–H and O–H groups in total. The second kappa shape index (κ2) is 14.0. The molecular weight excluding hydrogens is 503 g/mol. The maximum atomic E-state index is 13.8. The van der Waals surface area contributed by atoms with E-state index in [-0.39, 0.29) is 53.8 Å². The summed E-state index contributed by atoms with van der Waals surface area (Å²) < 4.78 is 6.79. The molecule has 0 bridgehead atoms. The van der Waals surface area contributed by atoms with Crippen LogP contribution in [0, 0.1) is 0 Å². The molecular formula is C31H29N2NaO5. The van der Waals surface area contributed by atoms with Crippen LogP contribution in [0.15, 0.2) is 83.7 Å². The third-order valence-corrected chi connectivity index (χ3v) is 6.28. The maximum Gasteiger partial charge on any atom is 1.00 e. The molecule has 0 unspecified atom stereocenters. The van der Waals surface area contributed by atoms with Gasteiger partial charge in [-0.15, -0.1) is 0 Å². The number of carboxylic acid groups (broad SMARTS) is 1. The fourth-order valence-corrected chi connectivity index (χ4v) is 4.36. The number of hydrogen-bond acceptors (Lipinski definition) is 6. The van der Waals surface area contributed by atoms with E-state index >= 15 is 0 Å². The first-order valence-corrected chi connectivity index (χ1v) is 12.7. The van der Waals surface area contributed by atoms with Gasteiger partial charge in [0, 0.05) is 17.5 Å². The molecule has 0 saturated carbocycles. The molecule has 1 heterocycles. The number of unbranched alkanes of at least 4 members (excludes halogenated alkanes) is 1. The van der Waals surface area contributed by atoms with Crippen molar-refractivity contribution in [3.05, 3.63) is 112 Å². The molecule has 4 rings (SSSR count). The van der Waals surface area contributed by atoms with Gasteiger partial charge in [-0.1, -0.05) is 92.2 Å². The first-order valence-electron chi connectivity index (χ1n) is 12.7. The Kier molecular flexibility index (Phi) is 10.8. The van der Waals surface area contributed by atoms with Gasteiger partial charge in [-0.2, -0.15) is 0 Å². The number of rotatable bonds is 10. The Hall–Kier alpha value is -3.52. The smallest absolute Gasteiger partial charge is 0.545 e. The van der Waals surface area contributed by atoms with Gasteiger partial charge >= 0.3 is 35.5 Å². The summed E-state index contributed by atoms with van der Waals surface area (Å²) in [6.45, 7) is 4.10. The second-order valence-electron chi connectivity index (χ2n) is 8.86. The van der Waals surface area contributed by atoms with Crippen molar-refractivity contribution in [3.8, 4) is 22.4 Å².